The third-order valence-electron chi connectivity index (χ3n) is 7.29. The Morgan fingerprint density at radius 3 is 1.89 bits per heavy atom. The second-order valence-electron chi connectivity index (χ2n) is 12.9. The van der Waals surface area contributed by atoms with E-state index in [-0.39, 0.29) is 19.1 Å². The maximum absolute atomic E-state index is 12.6. The van der Waals surface area contributed by atoms with Gasteiger partial charge in [-0.05, 0) is 51.4 Å². The zero-order valence-electron chi connectivity index (χ0n) is 29.3. The van der Waals surface area contributed by atoms with E-state index < -0.39 is 20.0 Å². The minimum atomic E-state index is -4.32. The fourth-order valence-electron chi connectivity index (χ4n) is 4.38. The summed E-state index contributed by atoms with van der Waals surface area (Å²) in [6, 6.07) is -0.849. The van der Waals surface area contributed by atoms with E-state index in [2.05, 4.69) is 55.6 Å². The first kappa shape index (κ1) is 43.5. The zero-order chi connectivity index (χ0) is 33.7. The number of unbranched alkanes of at least 4 members (excludes halogenated alkanes) is 11. The summed E-state index contributed by atoms with van der Waals surface area (Å²) < 4.78 is 23.2. The van der Waals surface area contributed by atoms with E-state index in [1.54, 1.807) is 6.08 Å². The van der Waals surface area contributed by atoms with Crippen LogP contribution in [0.15, 0.2) is 48.6 Å². The Morgan fingerprint density at radius 1 is 0.756 bits per heavy atom. The highest BCUT2D eigenvalue weighted by atomic mass is 31.2. The number of likely N-dealkylation sites (N-methyl/N-ethyl adjacent to an activating group) is 1. The number of carbonyl (C=O) groups is 1. The van der Waals surface area contributed by atoms with Crippen LogP contribution >= 0.6 is 7.82 Å². The maximum atomic E-state index is 12.6. The molecule has 0 spiro atoms. The molecule has 262 valence electrons. The van der Waals surface area contributed by atoms with Gasteiger partial charge >= 0.3 is 7.82 Å². The zero-order valence-corrected chi connectivity index (χ0v) is 30.2. The van der Waals surface area contributed by atoms with Crippen LogP contribution in [0.4, 0.5) is 0 Å². The van der Waals surface area contributed by atoms with Crippen molar-refractivity contribution < 1.29 is 32.9 Å². The minimum absolute atomic E-state index is 0.0552. The second kappa shape index (κ2) is 28.7. The fraction of sp³-hybridized carbons (Fsp3) is 0.750. The van der Waals surface area contributed by atoms with Crippen molar-refractivity contribution in [1.82, 2.24) is 5.32 Å². The molecule has 3 atom stereocenters. The Balaban J connectivity index is 4.27. The first-order valence-electron chi connectivity index (χ1n) is 17.5. The third-order valence-corrected chi connectivity index (χ3v) is 8.28. The quantitative estimate of drug-likeness (QED) is 0.0310. The number of rotatable bonds is 30. The molecule has 0 radical (unpaired) electrons. The molecule has 0 fully saturated rings. The summed E-state index contributed by atoms with van der Waals surface area (Å²) in [5, 5.41) is 13.5. The summed E-state index contributed by atoms with van der Waals surface area (Å²) in [4.78, 5) is 22.7. The SMILES string of the molecule is CCCC/C=C/C(O)C(COP(=O)(O)OCC[N+](C)(C)C)NC(=O)CCCCCCCC/C=C\C/C=C\C/C=C\CCCCC. The van der Waals surface area contributed by atoms with Gasteiger partial charge in [-0.2, -0.15) is 0 Å². The number of aliphatic hydroxyl groups is 1. The molecule has 0 saturated carbocycles. The largest absolute Gasteiger partial charge is 0.472 e. The average molecular weight is 656 g/mol. The van der Waals surface area contributed by atoms with E-state index in [9.17, 15) is 19.4 Å². The number of carbonyl (C=O) groups excluding carboxylic acids is 1. The fourth-order valence-corrected chi connectivity index (χ4v) is 5.12. The first-order valence-corrected chi connectivity index (χ1v) is 19.0. The topological polar surface area (TPSA) is 105 Å². The molecule has 0 aliphatic rings. The molecule has 0 bridgehead atoms. The molecule has 0 aromatic heterocycles. The van der Waals surface area contributed by atoms with Crippen molar-refractivity contribution in [3.8, 4) is 0 Å². The molecule has 8 nitrogen and oxygen atoms in total. The summed E-state index contributed by atoms with van der Waals surface area (Å²) >= 11 is 0. The van der Waals surface area contributed by atoms with Gasteiger partial charge < -0.3 is 19.8 Å². The Labute approximate surface area is 276 Å². The van der Waals surface area contributed by atoms with Crippen LogP contribution in [-0.4, -0.2) is 73.4 Å². The Kier molecular flexibility index (Phi) is 27.7. The van der Waals surface area contributed by atoms with Gasteiger partial charge in [-0.15, -0.1) is 0 Å². The van der Waals surface area contributed by atoms with Gasteiger partial charge in [0.1, 0.15) is 13.2 Å². The molecule has 0 saturated heterocycles. The van der Waals surface area contributed by atoms with Crippen molar-refractivity contribution in [2.24, 2.45) is 0 Å². The second-order valence-corrected chi connectivity index (χ2v) is 14.3. The lowest BCUT2D eigenvalue weighted by Gasteiger charge is -2.25. The minimum Gasteiger partial charge on any atom is -0.387 e. The Morgan fingerprint density at radius 2 is 1.29 bits per heavy atom. The van der Waals surface area contributed by atoms with Gasteiger partial charge in [0.15, 0.2) is 0 Å². The average Bonchev–Trinajstić information content (AvgIpc) is 2.97. The van der Waals surface area contributed by atoms with Crippen LogP contribution < -0.4 is 5.32 Å². The van der Waals surface area contributed by atoms with Crippen molar-refractivity contribution in [2.75, 3.05) is 40.9 Å². The van der Waals surface area contributed by atoms with E-state index in [0.717, 1.165) is 64.2 Å². The molecular formula is C36H68N2O6P+. The predicted octanol–water partition coefficient (Wildman–Crippen LogP) is 8.57. The number of nitrogens with one attached hydrogen (secondary N) is 1. The summed E-state index contributed by atoms with van der Waals surface area (Å²) in [7, 11) is 1.54. The molecule has 9 heteroatoms. The smallest absolute Gasteiger partial charge is 0.387 e. The number of phosphoric acid groups is 1. The lowest BCUT2D eigenvalue weighted by Crippen LogP contribution is -2.45. The lowest BCUT2D eigenvalue weighted by atomic mass is 10.1. The summed E-state index contributed by atoms with van der Waals surface area (Å²) in [5.41, 5.74) is 0. The normalized spacial score (nSPS) is 15.4. The van der Waals surface area contributed by atoms with E-state index in [4.69, 9.17) is 9.05 Å². The van der Waals surface area contributed by atoms with Crippen molar-refractivity contribution in [3.05, 3.63) is 48.6 Å². The van der Waals surface area contributed by atoms with Crippen LogP contribution in [0.2, 0.25) is 0 Å². The monoisotopic (exact) mass is 655 g/mol. The van der Waals surface area contributed by atoms with Crippen molar-refractivity contribution >= 4 is 13.7 Å². The highest BCUT2D eigenvalue weighted by molar-refractivity contribution is 7.47. The number of allylic oxidation sites excluding steroid dienone is 7. The van der Waals surface area contributed by atoms with Gasteiger partial charge in [0.05, 0.1) is 39.9 Å². The Hall–Kier alpha value is -1.54. The standard InChI is InChI=1S/C36H67N2O6P/c1-6-8-10-12-13-14-15-16-17-18-19-20-21-22-23-24-25-26-28-30-36(40)37-34(35(39)29-27-11-9-7-2)33-44-45(41,42)43-32-31-38(3,4)5/h13-14,16-17,19-20,27,29,34-35,39H,6-12,15,18,21-26,28,30-33H2,1-5H3,(H-,37,40,41,42)/p+1/b14-13-,17-16-,20-19-,29-27+. The molecule has 0 aromatic rings. The molecule has 3 unspecified atom stereocenters. The molecule has 1 amide bonds. The molecule has 0 rings (SSSR count). The number of hydrogen-bond donors (Lipinski definition) is 3. The van der Waals surface area contributed by atoms with Crippen LogP contribution in [0, 0.1) is 0 Å². The van der Waals surface area contributed by atoms with Gasteiger partial charge in [-0.1, -0.05) is 114 Å². The lowest BCUT2D eigenvalue weighted by molar-refractivity contribution is -0.870. The number of nitrogens with zero attached hydrogens (tertiary/aromatic N) is 1. The van der Waals surface area contributed by atoms with E-state index in [0.29, 0.717) is 17.4 Å². The highest BCUT2D eigenvalue weighted by Gasteiger charge is 2.27. The summed E-state index contributed by atoms with van der Waals surface area (Å²) in [5.74, 6) is -0.203. The highest BCUT2D eigenvalue weighted by Crippen LogP contribution is 2.43. The maximum Gasteiger partial charge on any atom is 0.472 e. The first-order chi connectivity index (χ1) is 21.5. The van der Waals surface area contributed by atoms with Crippen LogP contribution in [0.3, 0.4) is 0 Å². The van der Waals surface area contributed by atoms with E-state index >= 15 is 0 Å². The van der Waals surface area contributed by atoms with Crippen LogP contribution in [0.5, 0.6) is 0 Å². The molecule has 0 aromatic carbocycles. The summed E-state index contributed by atoms with van der Waals surface area (Å²) in [6.45, 7) is 4.58. The van der Waals surface area contributed by atoms with Crippen LogP contribution in [-0.2, 0) is 18.4 Å². The van der Waals surface area contributed by atoms with E-state index in [1.165, 1.54) is 38.5 Å². The molecule has 0 aliphatic carbocycles. The Bertz CT molecular complexity index is 881. The molecule has 0 aliphatic heterocycles. The van der Waals surface area contributed by atoms with Crippen molar-refractivity contribution in [2.45, 2.75) is 135 Å². The third kappa shape index (κ3) is 30.9. The van der Waals surface area contributed by atoms with Gasteiger partial charge in [-0.3, -0.25) is 13.8 Å². The molecule has 45 heavy (non-hydrogen) atoms. The summed E-state index contributed by atoms with van der Waals surface area (Å²) in [6.07, 6.45) is 33.7. The number of hydrogen-bond acceptors (Lipinski definition) is 5. The van der Waals surface area contributed by atoms with Crippen molar-refractivity contribution in [3.63, 3.8) is 0 Å². The van der Waals surface area contributed by atoms with Gasteiger partial charge in [-0.25, -0.2) is 4.57 Å². The van der Waals surface area contributed by atoms with Crippen LogP contribution in [0.1, 0.15) is 123 Å². The van der Waals surface area contributed by atoms with Crippen LogP contribution in [0.25, 0.3) is 0 Å². The predicted molar refractivity (Wildman–Crippen MR) is 189 cm³/mol. The van der Waals surface area contributed by atoms with Gasteiger partial charge in [0.2, 0.25) is 5.91 Å². The van der Waals surface area contributed by atoms with Gasteiger partial charge in [0, 0.05) is 6.42 Å². The van der Waals surface area contributed by atoms with E-state index in [1.807, 2.05) is 27.2 Å². The number of phosphoric ester groups is 1. The van der Waals surface area contributed by atoms with Gasteiger partial charge in [0.25, 0.3) is 0 Å². The molecular weight excluding hydrogens is 587 g/mol. The number of quaternary nitrogens is 1. The number of amides is 1. The number of aliphatic hydroxyl groups excluding tert-OH is 1. The van der Waals surface area contributed by atoms with Crippen molar-refractivity contribution in [1.29, 1.82) is 0 Å². The molecule has 3 N–H and O–H groups in total. The molecule has 0 heterocycles.